The molecular formula is C12H22N4. The minimum Gasteiger partial charge on any atom is -0.289 e. The van der Waals surface area contributed by atoms with E-state index >= 15 is 0 Å². The first kappa shape index (κ1) is 13.1. The fourth-order valence-electron chi connectivity index (χ4n) is 1.72. The number of hydrogen-bond donors (Lipinski definition) is 1. The summed E-state index contributed by atoms with van der Waals surface area (Å²) in [6.45, 7) is 0.951. The molecule has 0 radical (unpaired) electrons. The first-order chi connectivity index (χ1) is 7.61. The van der Waals surface area contributed by atoms with Crippen molar-refractivity contribution in [2.75, 3.05) is 34.7 Å². The Balaban J connectivity index is 2.34. The summed E-state index contributed by atoms with van der Waals surface area (Å²) in [4.78, 5) is 8.42. The van der Waals surface area contributed by atoms with E-state index in [2.05, 4.69) is 54.4 Å². The molecule has 0 unspecified atom stereocenters. The summed E-state index contributed by atoms with van der Waals surface area (Å²) in [5, 5.41) is 3.49. The molecule has 0 aliphatic rings. The number of nitrogens with one attached hydrogen (secondary N) is 1. The Morgan fingerprint density at radius 2 is 1.94 bits per heavy atom. The van der Waals surface area contributed by atoms with Gasteiger partial charge in [0, 0.05) is 18.9 Å². The fraction of sp³-hybridized carbons (Fsp3) is 0.583. The van der Waals surface area contributed by atoms with Gasteiger partial charge in [-0.1, -0.05) is 6.07 Å². The molecule has 4 heteroatoms. The van der Waals surface area contributed by atoms with E-state index in [0.717, 1.165) is 13.0 Å². The minimum absolute atomic E-state index is 0.275. The van der Waals surface area contributed by atoms with Crippen molar-refractivity contribution in [3.8, 4) is 0 Å². The molecule has 0 fully saturated rings. The van der Waals surface area contributed by atoms with Gasteiger partial charge in [-0.25, -0.2) is 0 Å². The highest BCUT2D eigenvalue weighted by molar-refractivity contribution is 5.08. The summed E-state index contributed by atoms with van der Waals surface area (Å²) < 4.78 is 0. The molecule has 1 aromatic heterocycles. The number of nitrogens with zero attached hydrogens (tertiary/aromatic N) is 3. The van der Waals surface area contributed by atoms with Crippen LogP contribution in [0.4, 0.5) is 0 Å². The van der Waals surface area contributed by atoms with Crippen LogP contribution in [-0.2, 0) is 6.42 Å². The zero-order valence-corrected chi connectivity index (χ0v) is 10.6. The fourth-order valence-corrected chi connectivity index (χ4v) is 1.72. The van der Waals surface area contributed by atoms with Crippen LogP contribution in [0.25, 0.3) is 0 Å². The molecule has 1 heterocycles. The molecule has 90 valence electrons. The Labute approximate surface area is 98.3 Å². The molecular weight excluding hydrogens is 200 g/mol. The van der Waals surface area contributed by atoms with Gasteiger partial charge in [-0.15, -0.1) is 0 Å². The molecule has 0 saturated heterocycles. The molecule has 0 bridgehead atoms. The minimum atomic E-state index is 0.275. The van der Waals surface area contributed by atoms with E-state index in [0.29, 0.717) is 0 Å². The predicted octanol–water partition coefficient (Wildman–Crippen LogP) is 0.620. The van der Waals surface area contributed by atoms with Crippen molar-refractivity contribution in [1.82, 2.24) is 20.1 Å². The third kappa shape index (κ3) is 4.26. The molecule has 0 aliphatic heterocycles. The van der Waals surface area contributed by atoms with Gasteiger partial charge in [-0.3, -0.25) is 20.1 Å². The van der Waals surface area contributed by atoms with Gasteiger partial charge in [0.2, 0.25) is 0 Å². The van der Waals surface area contributed by atoms with Crippen molar-refractivity contribution in [2.45, 2.75) is 12.7 Å². The summed E-state index contributed by atoms with van der Waals surface area (Å²) in [6.07, 6.45) is 5.00. The average molecular weight is 222 g/mol. The van der Waals surface area contributed by atoms with Gasteiger partial charge in [0.1, 0.15) is 6.29 Å². The van der Waals surface area contributed by atoms with Crippen LogP contribution in [0.1, 0.15) is 5.56 Å². The number of pyridine rings is 1. The van der Waals surface area contributed by atoms with E-state index in [4.69, 9.17) is 0 Å². The number of rotatable bonds is 6. The lowest BCUT2D eigenvalue weighted by molar-refractivity contribution is 0.0963. The predicted molar refractivity (Wildman–Crippen MR) is 67.1 cm³/mol. The summed E-state index contributed by atoms with van der Waals surface area (Å²) in [5.41, 5.74) is 1.27. The van der Waals surface area contributed by atoms with Crippen LogP contribution >= 0.6 is 0 Å². The molecule has 0 aromatic carbocycles. The number of aromatic nitrogens is 1. The maximum absolute atomic E-state index is 4.10. The molecule has 0 aliphatic carbocycles. The standard InChI is InChI=1S/C12H22N4/c1-15(2)12(16(3)4)14-9-7-11-6-5-8-13-10-11/h5-6,8,10,12,14H,7,9H2,1-4H3. The zero-order valence-electron chi connectivity index (χ0n) is 10.6. The van der Waals surface area contributed by atoms with Crippen LogP contribution in [0, 0.1) is 0 Å². The van der Waals surface area contributed by atoms with E-state index < -0.39 is 0 Å². The molecule has 0 spiro atoms. The van der Waals surface area contributed by atoms with Gasteiger partial charge in [-0.2, -0.15) is 0 Å². The molecule has 1 rings (SSSR count). The maximum Gasteiger partial charge on any atom is 0.116 e. The zero-order chi connectivity index (χ0) is 12.0. The van der Waals surface area contributed by atoms with Crippen molar-refractivity contribution >= 4 is 0 Å². The third-order valence-electron chi connectivity index (χ3n) is 2.44. The van der Waals surface area contributed by atoms with Crippen molar-refractivity contribution in [1.29, 1.82) is 0 Å². The molecule has 0 atom stereocenters. The molecule has 0 saturated carbocycles. The van der Waals surface area contributed by atoms with Crippen LogP contribution in [0.2, 0.25) is 0 Å². The van der Waals surface area contributed by atoms with E-state index in [1.54, 1.807) is 6.20 Å². The van der Waals surface area contributed by atoms with Gasteiger partial charge >= 0.3 is 0 Å². The second-order valence-corrected chi connectivity index (χ2v) is 4.37. The Hall–Kier alpha value is -0.970. The lowest BCUT2D eigenvalue weighted by Gasteiger charge is -2.31. The summed E-state index contributed by atoms with van der Waals surface area (Å²) in [6, 6.07) is 4.08. The SMILES string of the molecule is CN(C)C(NCCc1cccnc1)N(C)C. The van der Waals surface area contributed by atoms with Crippen LogP contribution in [-0.4, -0.2) is 55.8 Å². The highest BCUT2D eigenvalue weighted by Crippen LogP contribution is 1.97. The van der Waals surface area contributed by atoms with Gasteiger partial charge < -0.3 is 0 Å². The maximum atomic E-state index is 4.10. The van der Waals surface area contributed by atoms with Gasteiger partial charge in [0.25, 0.3) is 0 Å². The molecule has 1 aromatic rings. The monoisotopic (exact) mass is 222 g/mol. The number of hydrogen-bond acceptors (Lipinski definition) is 4. The van der Waals surface area contributed by atoms with Crippen molar-refractivity contribution in [3.05, 3.63) is 30.1 Å². The Kier molecular flexibility index (Phi) is 5.38. The van der Waals surface area contributed by atoms with E-state index in [1.807, 2.05) is 12.3 Å². The van der Waals surface area contributed by atoms with Crippen LogP contribution in [0.15, 0.2) is 24.5 Å². The van der Waals surface area contributed by atoms with Crippen molar-refractivity contribution < 1.29 is 0 Å². The van der Waals surface area contributed by atoms with E-state index in [9.17, 15) is 0 Å². The van der Waals surface area contributed by atoms with Gasteiger partial charge in [0.15, 0.2) is 0 Å². The van der Waals surface area contributed by atoms with Crippen LogP contribution < -0.4 is 5.32 Å². The lowest BCUT2D eigenvalue weighted by Crippen LogP contribution is -2.51. The second-order valence-electron chi connectivity index (χ2n) is 4.37. The Morgan fingerprint density at radius 3 is 2.44 bits per heavy atom. The highest BCUT2D eigenvalue weighted by Gasteiger charge is 2.11. The summed E-state index contributed by atoms with van der Waals surface area (Å²) in [7, 11) is 8.28. The molecule has 0 amide bonds. The second kappa shape index (κ2) is 6.58. The molecule has 4 nitrogen and oxygen atoms in total. The normalized spacial score (nSPS) is 11.7. The highest BCUT2D eigenvalue weighted by atomic mass is 15.4. The largest absolute Gasteiger partial charge is 0.289 e. The van der Waals surface area contributed by atoms with Crippen molar-refractivity contribution in [3.63, 3.8) is 0 Å². The van der Waals surface area contributed by atoms with E-state index in [1.165, 1.54) is 5.56 Å². The first-order valence-corrected chi connectivity index (χ1v) is 5.56. The summed E-state index contributed by atoms with van der Waals surface area (Å²) in [5.74, 6) is 0. The smallest absolute Gasteiger partial charge is 0.116 e. The van der Waals surface area contributed by atoms with Crippen LogP contribution in [0.3, 0.4) is 0 Å². The molecule has 1 N–H and O–H groups in total. The van der Waals surface area contributed by atoms with Crippen LogP contribution in [0.5, 0.6) is 0 Å². The Morgan fingerprint density at radius 1 is 1.25 bits per heavy atom. The average Bonchev–Trinajstić information content (AvgIpc) is 2.24. The summed E-state index contributed by atoms with van der Waals surface area (Å²) >= 11 is 0. The van der Waals surface area contributed by atoms with Crippen molar-refractivity contribution in [2.24, 2.45) is 0 Å². The first-order valence-electron chi connectivity index (χ1n) is 5.56. The molecule has 16 heavy (non-hydrogen) atoms. The third-order valence-corrected chi connectivity index (χ3v) is 2.44. The van der Waals surface area contributed by atoms with Gasteiger partial charge in [0.05, 0.1) is 0 Å². The van der Waals surface area contributed by atoms with E-state index in [-0.39, 0.29) is 6.29 Å². The van der Waals surface area contributed by atoms with Gasteiger partial charge in [-0.05, 0) is 46.2 Å². The topological polar surface area (TPSA) is 31.4 Å². The Bertz CT molecular complexity index is 276. The lowest BCUT2D eigenvalue weighted by atomic mass is 10.2. The quantitative estimate of drug-likeness (QED) is 0.715.